The zero-order chi connectivity index (χ0) is 29.4. The van der Waals surface area contributed by atoms with E-state index >= 15 is 0 Å². The Bertz CT molecular complexity index is 1860. The first-order valence-electron chi connectivity index (χ1n) is 14.4. The van der Waals surface area contributed by atoms with Crippen molar-refractivity contribution in [3.05, 3.63) is 166 Å². The summed E-state index contributed by atoms with van der Waals surface area (Å²) in [6.45, 7) is 1.99. The van der Waals surface area contributed by atoms with Gasteiger partial charge >= 0.3 is 0 Å². The van der Waals surface area contributed by atoms with Gasteiger partial charge in [0.05, 0.1) is 17.2 Å². The summed E-state index contributed by atoms with van der Waals surface area (Å²) in [6, 6.07) is 45.6. The topological polar surface area (TPSA) is 59.3 Å². The van der Waals surface area contributed by atoms with Crippen molar-refractivity contribution in [2.45, 2.75) is 24.9 Å². The van der Waals surface area contributed by atoms with Gasteiger partial charge in [-0.1, -0.05) is 121 Å². The van der Waals surface area contributed by atoms with Crippen molar-refractivity contribution in [1.82, 2.24) is 15.1 Å². The number of hydrogen-bond acceptors (Lipinski definition) is 3. The van der Waals surface area contributed by atoms with E-state index in [4.69, 9.17) is 10.1 Å². The average Bonchev–Trinajstić information content (AvgIpc) is 3.63. The molecule has 6 aromatic rings. The molecule has 0 saturated heterocycles. The molecule has 1 N–H and O–H groups in total. The Kier molecular flexibility index (Phi) is 6.99. The predicted molar refractivity (Wildman–Crippen MR) is 176 cm³/mol. The lowest BCUT2D eigenvalue weighted by molar-refractivity contribution is -0.115. The normalized spacial score (nSPS) is 13.4. The SMILES string of the molecule is C[C@@H](NC(=O)C1=Nc2cc3c(Br)nn(C(c4ccccc4)(c4ccccc4)c4ccccc4)c3cc2C1)c1ccccc1. The second-order valence-electron chi connectivity index (χ2n) is 10.9. The zero-order valence-electron chi connectivity index (χ0n) is 23.6. The molecule has 1 amide bonds. The van der Waals surface area contributed by atoms with E-state index in [1.165, 1.54) is 0 Å². The molecule has 1 aromatic heterocycles. The van der Waals surface area contributed by atoms with Crippen LogP contribution in [0.5, 0.6) is 0 Å². The third kappa shape index (κ3) is 4.68. The third-order valence-corrected chi connectivity index (χ3v) is 8.84. The van der Waals surface area contributed by atoms with Crippen LogP contribution < -0.4 is 5.32 Å². The van der Waals surface area contributed by atoms with Crippen LogP contribution in [0, 0.1) is 0 Å². The summed E-state index contributed by atoms with van der Waals surface area (Å²) >= 11 is 3.78. The van der Waals surface area contributed by atoms with E-state index < -0.39 is 5.54 Å². The lowest BCUT2D eigenvalue weighted by Crippen LogP contribution is -2.38. The minimum atomic E-state index is -0.757. The summed E-state index contributed by atoms with van der Waals surface area (Å²) in [7, 11) is 0. The molecule has 5 aromatic carbocycles. The Balaban J connectivity index is 1.36. The Morgan fingerprint density at radius 1 is 0.791 bits per heavy atom. The molecule has 0 aliphatic carbocycles. The number of rotatable bonds is 7. The molecule has 6 heteroatoms. The highest BCUT2D eigenvalue weighted by Crippen LogP contribution is 2.44. The largest absolute Gasteiger partial charge is 0.344 e. The number of hydrogen-bond donors (Lipinski definition) is 1. The van der Waals surface area contributed by atoms with Crippen molar-refractivity contribution in [2.75, 3.05) is 0 Å². The van der Waals surface area contributed by atoms with E-state index in [-0.39, 0.29) is 11.9 Å². The van der Waals surface area contributed by atoms with Crippen molar-refractivity contribution in [2.24, 2.45) is 4.99 Å². The number of aromatic nitrogens is 2. The first kappa shape index (κ1) is 27.0. The quantitative estimate of drug-likeness (QED) is 0.182. The van der Waals surface area contributed by atoms with E-state index in [1.807, 2.05) is 61.5 Å². The maximum absolute atomic E-state index is 13.3. The van der Waals surface area contributed by atoms with Gasteiger partial charge < -0.3 is 5.32 Å². The minimum absolute atomic E-state index is 0.120. The van der Waals surface area contributed by atoms with Crippen LogP contribution in [0.15, 0.2) is 143 Å². The van der Waals surface area contributed by atoms with Crippen molar-refractivity contribution < 1.29 is 4.79 Å². The molecule has 1 aliphatic rings. The molecule has 2 heterocycles. The van der Waals surface area contributed by atoms with E-state index in [9.17, 15) is 4.79 Å². The third-order valence-electron chi connectivity index (χ3n) is 8.25. The van der Waals surface area contributed by atoms with Gasteiger partial charge in [-0.25, -0.2) is 9.67 Å². The summed E-state index contributed by atoms with van der Waals surface area (Å²) in [4.78, 5) is 18.1. The fourth-order valence-electron chi connectivity index (χ4n) is 6.16. The smallest absolute Gasteiger partial charge is 0.266 e. The van der Waals surface area contributed by atoms with E-state index in [0.717, 1.165) is 49.0 Å². The van der Waals surface area contributed by atoms with E-state index in [1.54, 1.807) is 0 Å². The van der Waals surface area contributed by atoms with Gasteiger partial charge in [0.2, 0.25) is 0 Å². The minimum Gasteiger partial charge on any atom is -0.344 e. The summed E-state index contributed by atoms with van der Waals surface area (Å²) < 4.78 is 2.85. The molecule has 0 saturated carbocycles. The zero-order valence-corrected chi connectivity index (χ0v) is 25.2. The molecule has 1 aliphatic heterocycles. The number of carbonyl (C=O) groups excluding carboxylic acids is 1. The average molecular weight is 626 g/mol. The van der Waals surface area contributed by atoms with Gasteiger partial charge in [-0.2, -0.15) is 5.10 Å². The number of nitrogens with zero attached hydrogens (tertiary/aromatic N) is 3. The van der Waals surface area contributed by atoms with Crippen LogP contribution in [-0.2, 0) is 16.8 Å². The van der Waals surface area contributed by atoms with Gasteiger partial charge in [0.15, 0.2) is 0 Å². The molecule has 210 valence electrons. The van der Waals surface area contributed by atoms with Gasteiger partial charge in [-0.05, 0) is 62.8 Å². The first-order chi connectivity index (χ1) is 21.1. The highest BCUT2D eigenvalue weighted by atomic mass is 79.9. The van der Waals surface area contributed by atoms with Gasteiger partial charge in [-0.15, -0.1) is 0 Å². The van der Waals surface area contributed by atoms with E-state index in [2.05, 4.69) is 105 Å². The first-order valence-corrected chi connectivity index (χ1v) is 15.2. The molecule has 0 radical (unpaired) electrons. The predicted octanol–water partition coefficient (Wildman–Crippen LogP) is 8.15. The van der Waals surface area contributed by atoms with Gasteiger partial charge in [0.1, 0.15) is 15.9 Å². The highest BCUT2D eigenvalue weighted by molar-refractivity contribution is 9.10. The van der Waals surface area contributed by atoms with Crippen molar-refractivity contribution >= 4 is 44.1 Å². The summed E-state index contributed by atoms with van der Waals surface area (Å²) in [6.07, 6.45) is 0.455. The fraction of sp³-hybridized carbons (Fsp3) is 0.108. The number of nitrogens with one attached hydrogen (secondary N) is 1. The van der Waals surface area contributed by atoms with E-state index in [0.29, 0.717) is 12.1 Å². The number of benzene rings is 5. The maximum atomic E-state index is 13.3. The van der Waals surface area contributed by atoms with Crippen LogP contribution in [0.1, 0.15) is 40.8 Å². The lowest BCUT2D eigenvalue weighted by atomic mass is 9.77. The van der Waals surface area contributed by atoms with Gasteiger partial charge in [-0.3, -0.25) is 4.79 Å². The number of carbonyl (C=O) groups is 1. The van der Waals surface area contributed by atoms with Crippen LogP contribution in [0.2, 0.25) is 0 Å². The summed E-state index contributed by atoms with van der Waals surface area (Å²) in [5.74, 6) is -0.149. The molecule has 43 heavy (non-hydrogen) atoms. The van der Waals surface area contributed by atoms with Crippen molar-refractivity contribution in [3.8, 4) is 0 Å². The van der Waals surface area contributed by atoms with Crippen molar-refractivity contribution in [3.63, 3.8) is 0 Å². The molecular weight excluding hydrogens is 596 g/mol. The molecule has 0 unspecified atom stereocenters. The monoisotopic (exact) mass is 624 g/mol. The fourth-order valence-corrected chi connectivity index (χ4v) is 6.64. The molecule has 5 nitrogen and oxygen atoms in total. The summed E-state index contributed by atoms with van der Waals surface area (Å²) in [5.41, 5.74) is 6.85. The Labute approximate surface area is 259 Å². The van der Waals surface area contributed by atoms with Gasteiger partial charge in [0, 0.05) is 11.8 Å². The Hall–Kier alpha value is -4.81. The van der Waals surface area contributed by atoms with Crippen LogP contribution in [0.4, 0.5) is 5.69 Å². The second-order valence-corrected chi connectivity index (χ2v) is 11.6. The van der Waals surface area contributed by atoms with Gasteiger partial charge in [0.25, 0.3) is 5.91 Å². The van der Waals surface area contributed by atoms with Crippen LogP contribution in [-0.4, -0.2) is 21.4 Å². The number of aliphatic imine (C=N–C) groups is 1. The number of fused-ring (bicyclic) bond motifs is 2. The van der Waals surface area contributed by atoms with Crippen LogP contribution >= 0.6 is 15.9 Å². The standard InChI is InChI=1S/C37H29BrN4O/c1-25(26-14-6-2-7-15-26)39-36(43)33-22-27-23-34-31(24-32(27)40-33)35(38)41-42(34)37(28-16-8-3-9-17-28,29-18-10-4-11-19-29)30-20-12-5-13-21-30/h2-21,23-25H,22H2,1H3,(H,39,43)/t25-/m1/s1. The number of halogens is 1. The molecule has 7 rings (SSSR count). The maximum Gasteiger partial charge on any atom is 0.266 e. The molecule has 1 atom stereocenters. The highest BCUT2D eigenvalue weighted by Gasteiger charge is 2.41. The van der Waals surface area contributed by atoms with Crippen LogP contribution in [0.25, 0.3) is 10.9 Å². The second kappa shape index (κ2) is 11.1. The molecule has 0 bridgehead atoms. The Morgan fingerprint density at radius 2 is 1.30 bits per heavy atom. The molecule has 0 spiro atoms. The summed E-state index contributed by atoms with van der Waals surface area (Å²) in [5, 5.41) is 9.23. The number of amides is 1. The van der Waals surface area contributed by atoms with Crippen LogP contribution in [0.3, 0.4) is 0 Å². The molecule has 0 fully saturated rings. The van der Waals surface area contributed by atoms with Crippen molar-refractivity contribution in [1.29, 1.82) is 0 Å². The molecular formula is C37H29BrN4O. The Morgan fingerprint density at radius 3 is 1.84 bits per heavy atom. The lowest BCUT2D eigenvalue weighted by Gasteiger charge is -2.37.